The molecular formula is C15H15N3. The van der Waals surface area contributed by atoms with Crippen molar-refractivity contribution in [2.45, 2.75) is 6.92 Å². The van der Waals surface area contributed by atoms with Gasteiger partial charge in [0.15, 0.2) is 0 Å². The van der Waals surface area contributed by atoms with Crippen molar-refractivity contribution in [3.63, 3.8) is 0 Å². The van der Waals surface area contributed by atoms with Gasteiger partial charge >= 0.3 is 0 Å². The van der Waals surface area contributed by atoms with E-state index in [1.165, 1.54) is 11.3 Å². The van der Waals surface area contributed by atoms with Gasteiger partial charge in [-0.15, -0.1) is 0 Å². The molecule has 90 valence electrons. The first-order chi connectivity index (χ1) is 8.75. The van der Waals surface area contributed by atoms with Gasteiger partial charge in [-0.3, -0.25) is 0 Å². The van der Waals surface area contributed by atoms with E-state index in [-0.39, 0.29) is 0 Å². The summed E-state index contributed by atoms with van der Waals surface area (Å²) in [5.74, 6) is 0. The predicted octanol–water partition coefficient (Wildman–Crippen LogP) is 3.64. The lowest BCUT2D eigenvalue weighted by molar-refractivity contribution is 1.21. The number of aryl methyl sites for hydroxylation is 1. The molecule has 0 aliphatic rings. The minimum absolute atomic E-state index is 0.923. The van der Waals surface area contributed by atoms with Crippen LogP contribution in [-0.4, -0.2) is 17.0 Å². The van der Waals surface area contributed by atoms with Gasteiger partial charge in [-0.2, -0.15) is 0 Å². The lowest BCUT2D eigenvalue weighted by Gasteiger charge is -2.18. The van der Waals surface area contributed by atoms with Gasteiger partial charge in [0, 0.05) is 30.5 Å². The van der Waals surface area contributed by atoms with Crippen LogP contribution < -0.4 is 4.90 Å². The van der Waals surface area contributed by atoms with Gasteiger partial charge in [0.1, 0.15) is 5.65 Å². The molecule has 18 heavy (non-hydrogen) atoms. The maximum atomic E-state index is 4.31. The van der Waals surface area contributed by atoms with Crippen molar-refractivity contribution in [1.82, 2.24) is 9.97 Å². The van der Waals surface area contributed by atoms with Crippen LogP contribution in [0.5, 0.6) is 0 Å². The SMILES string of the molecule is Cc1cccc(N(C)c2c[nH]c3ncccc23)c1. The zero-order chi connectivity index (χ0) is 12.5. The maximum Gasteiger partial charge on any atom is 0.139 e. The lowest BCUT2D eigenvalue weighted by atomic mass is 10.2. The summed E-state index contributed by atoms with van der Waals surface area (Å²) in [6, 6.07) is 12.5. The van der Waals surface area contributed by atoms with E-state index in [0.29, 0.717) is 0 Å². The number of pyridine rings is 1. The normalized spacial score (nSPS) is 10.8. The van der Waals surface area contributed by atoms with Gasteiger partial charge < -0.3 is 9.88 Å². The number of aromatic nitrogens is 2. The molecule has 0 aliphatic heterocycles. The zero-order valence-corrected chi connectivity index (χ0v) is 10.5. The Kier molecular flexibility index (Phi) is 2.52. The molecule has 2 heterocycles. The Morgan fingerprint density at radius 1 is 1.17 bits per heavy atom. The summed E-state index contributed by atoms with van der Waals surface area (Å²) in [6.07, 6.45) is 3.80. The van der Waals surface area contributed by atoms with Crippen LogP contribution in [0.2, 0.25) is 0 Å². The van der Waals surface area contributed by atoms with Crippen molar-refractivity contribution in [1.29, 1.82) is 0 Å². The van der Waals surface area contributed by atoms with E-state index < -0.39 is 0 Å². The molecule has 0 unspecified atom stereocenters. The van der Waals surface area contributed by atoms with E-state index in [2.05, 4.69) is 59.2 Å². The van der Waals surface area contributed by atoms with E-state index in [1.807, 2.05) is 12.3 Å². The van der Waals surface area contributed by atoms with Crippen LogP contribution in [0.1, 0.15) is 5.56 Å². The van der Waals surface area contributed by atoms with E-state index in [1.54, 1.807) is 6.20 Å². The molecular weight excluding hydrogens is 222 g/mol. The fourth-order valence-corrected chi connectivity index (χ4v) is 2.19. The minimum atomic E-state index is 0.923. The summed E-state index contributed by atoms with van der Waals surface area (Å²) < 4.78 is 0. The molecule has 0 radical (unpaired) electrons. The number of H-pyrrole nitrogens is 1. The third kappa shape index (κ3) is 1.74. The number of anilines is 2. The first-order valence-electron chi connectivity index (χ1n) is 5.98. The molecule has 2 aromatic heterocycles. The molecule has 0 atom stereocenters. The van der Waals surface area contributed by atoms with E-state index in [9.17, 15) is 0 Å². The van der Waals surface area contributed by atoms with Crippen LogP contribution in [0.15, 0.2) is 48.8 Å². The number of benzene rings is 1. The van der Waals surface area contributed by atoms with Crippen molar-refractivity contribution in [3.05, 3.63) is 54.4 Å². The molecule has 3 heteroatoms. The highest BCUT2D eigenvalue weighted by molar-refractivity contribution is 5.92. The zero-order valence-electron chi connectivity index (χ0n) is 10.5. The largest absolute Gasteiger partial charge is 0.344 e. The summed E-state index contributed by atoms with van der Waals surface area (Å²) >= 11 is 0. The number of hydrogen-bond acceptors (Lipinski definition) is 2. The molecule has 0 spiro atoms. The van der Waals surface area contributed by atoms with Gasteiger partial charge in [0.2, 0.25) is 0 Å². The number of nitrogens with one attached hydrogen (secondary N) is 1. The van der Waals surface area contributed by atoms with E-state index in [0.717, 1.165) is 16.7 Å². The average Bonchev–Trinajstić information content (AvgIpc) is 2.82. The topological polar surface area (TPSA) is 31.9 Å². The van der Waals surface area contributed by atoms with Gasteiger partial charge in [0.25, 0.3) is 0 Å². The van der Waals surface area contributed by atoms with Gasteiger partial charge in [-0.05, 0) is 36.8 Å². The number of rotatable bonds is 2. The fourth-order valence-electron chi connectivity index (χ4n) is 2.19. The monoisotopic (exact) mass is 237 g/mol. The Morgan fingerprint density at radius 3 is 2.89 bits per heavy atom. The van der Waals surface area contributed by atoms with Crippen LogP contribution in [-0.2, 0) is 0 Å². The fraction of sp³-hybridized carbons (Fsp3) is 0.133. The van der Waals surface area contributed by atoms with Crippen molar-refractivity contribution < 1.29 is 0 Å². The summed E-state index contributed by atoms with van der Waals surface area (Å²) in [5, 5.41) is 1.14. The molecule has 1 N–H and O–H groups in total. The van der Waals surface area contributed by atoms with Gasteiger partial charge in [-0.25, -0.2) is 4.98 Å². The van der Waals surface area contributed by atoms with E-state index in [4.69, 9.17) is 0 Å². The van der Waals surface area contributed by atoms with E-state index >= 15 is 0 Å². The van der Waals surface area contributed by atoms with Crippen molar-refractivity contribution in [3.8, 4) is 0 Å². The number of nitrogens with zero attached hydrogens (tertiary/aromatic N) is 2. The Bertz CT molecular complexity index is 685. The third-order valence-corrected chi connectivity index (χ3v) is 3.18. The second-order valence-electron chi connectivity index (χ2n) is 4.47. The number of hydrogen-bond donors (Lipinski definition) is 1. The first-order valence-corrected chi connectivity index (χ1v) is 5.98. The lowest BCUT2D eigenvalue weighted by Crippen LogP contribution is -2.08. The van der Waals surface area contributed by atoms with Gasteiger partial charge in [0.05, 0.1) is 5.69 Å². The highest BCUT2D eigenvalue weighted by Crippen LogP contribution is 2.30. The van der Waals surface area contributed by atoms with Crippen molar-refractivity contribution in [2.75, 3.05) is 11.9 Å². The van der Waals surface area contributed by atoms with Crippen LogP contribution >= 0.6 is 0 Å². The molecule has 0 saturated carbocycles. The Labute approximate surface area is 106 Å². The predicted molar refractivity (Wildman–Crippen MR) is 75.3 cm³/mol. The molecule has 0 fully saturated rings. The Balaban J connectivity index is 2.09. The van der Waals surface area contributed by atoms with Gasteiger partial charge in [-0.1, -0.05) is 12.1 Å². The quantitative estimate of drug-likeness (QED) is 0.738. The second-order valence-corrected chi connectivity index (χ2v) is 4.47. The second kappa shape index (κ2) is 4.18. The maximum absolute atomic E-state index is 4.31. The minimum Gasteiger partial charge on any atom is -0.344 e. The molecule has 1 aromatic carbocycles. The molecule has 3 aromatic rings. The molecule has 3 nitrogen and oxygen atoms in total. The summed E-state index contributed by atoms with van der Waals surface area (Å²) in [4.78, 5) is 9.69. The summed E-state index contributed by atoms with van der Waals surface area (Å²) in [6.45, 7) is 2.11. The van der Waals surface area contributed by atoms with Crippen molar-refractivity contribution >= 4 is 22.4 Å². The highest BCUT2D eigenvalue weighted by atomic mass is 15.1. The average molecular weight is 237 g/mol. The van der Waals surface area contributed by atoms with Crippen LogP contribution in [0.25, 0.3) is 11.0 Å². The standard InChI is InChI=1S/C15H15N3/c1-11-5-3-6-12(9-11)18(2)14-10-17-15-13(14)7-4-8-16-15/h3-10H,1-2H3,(H,16,17). The van der Waals surface area contributed by atoms with Crippen LogP contribution in [0.3, 0.4) is 0 Å². The van der Waals surface area contributed by atoms with Crippen LogP contribution in [0.4, 0.5) is 11.4 Å². The number of aromatic amines is 1. The van der Waals surface area contributed by atoms with Crippen LogP contribution in [0, 0.1) is 6.92 Å². The molecule has 3 rings (SSSR count). The Hall–Kier alpha value is -2.29. The summed E-state index contributed by atoms with van der Waals surface area (Å²) in [7, 11) is 2.07. The molecule has 0 amide bonds. The molecule has 0 bridgehead atoms. The smallest absolute Gasteiger partial charge is 0.139 e. The highest BCUT2D eigenvalue weighted by Gasteiger charge is 2.10. The molecule has 0 aliphatic carbocycles. The number of fused-ring (bicyclic) bond motifs is 1. The molecule has 0 saturated heterocycles. The summed E-state index contributed by atoms with van der Waals surface area (Å²) in [5.41, 5.74) is 4.51. The third-order valence-electron chi connectivity index (χ3n) is 3.18. The van der Waals surface area contributed by atoms with Crippen molar-refractivity contribution in [2.24, 2.45) is 0 Å². The first kappa shape index (κ1) is 10.8. The Morgan fingerprint density at radius 2 is 2.06 bits per heavy atom.